The minimum atomic E-state index is 0.231. The third-order valence-corrected chi connectivity index (χ3v) is 5.77. The highest BCUT2D eigenvalue weighted by Crippen LogP contribution is 2.51. The average Bonchev–Trinajstić information content (AvgIpc) is 2.81. The Labute approximate surface area is 130 Å². The van der Waals surface area contributed by atoms with E-state index in [0.717, 1.165) is 6.42 Å². The van der Waals surface area contributed by atoms with E-state index in [-0.39, 0.29) is 5.41 Å². The molecule has 1 atom stereocenters. The summed E-state index contributed by atoms with van der Waals surface area (Å²) >= 11 is 1.98. The Morgan fingerprint density at radius 3 is 2.48 bits per heavy atom. The highest BCUT2D eigenvalue weighted by molar-refractivity contribution is 7.19. The van der Waals surface area contributed by atoms with Crippen LogP contribution >= 0.6 is 11.3 Å². The van der Waals surface area contributed by atoms with Gasteiger partial charge in [-0.25, -0.2) is 0 Å². The predicted molar refractivity (Wildman–Crippen MR) is 92.4 cm³/mol. The smallest absolute Gasteiger partial charge is 0.0348 e. The van der Waals surface area contributed by atoms with Crippen LogP contribution in [0.5, 0.6) is 0 Å². The molecule has 4 rings (SSSR count). The summed E-state index contributed by atoms with van der Waals surface area (Å²) in [5.74, 6) is 0.494. The Hall–Kier alpha value is -1.60. The van der Waals surface area contributed by atoms with Crippen molar-refractivity contribution in [2.45, 2.75) is 33.1 Å². The molecule has 0 bridgehead atoms. The van der Waals surface area contributed by atoms with Gasteiger partial charge in [0.1, 0.15) is 0 Å². The Kier molecular flexibility index (Phi) is 2.77. The Bertz CT molecular complexity index is 817. The molecule has 1 unspecified atom stereocenters. The van der Waals surface area contributed by atoms with Crippen LogP contribution in [0.25, 0.3) is 10.1 Å². The molecule has 1 aliphatic carbocycles. The van der Waals surface area contributed by atoms with Crippen molar-refractivity contribution in [3.05, 3.63) is 70.1 Å². The molecule has 0 N–H and O–H groups in total. The van der Waals surface area contributed by atoms with Crippen molar-refractivity contribution >= 4 is 21.4 Å². The summed E-state index contributed by atoms with van der Waals surface area (Å²) in [6.45, 7) is 7.11. The van der Waals surface area contributed by atoms with Crippen LogP contribution in [0.15, 0.2) is 48.5 Å². The van der Waals surface area contributed by atoms with Crippen LogP contribution in [0.1, 0.15) is 48.3 Å². The van der Waals surface area contributed by atoms with Crippen LogP contribution < -0.4 is 0 Å². The largest absolute Gasteiger partial charge is 0.140 e. The normalized spacial score (nSPS) is 17.6. The predicted octanol–water partition coefficient (Wildman–Crippen LogP) is 5.98. The summed E-state index contributed by atoms with van der Waals surface area (Å²) in [6, 6.07) is 17.9. The van der Waals surface area contributed by atoms with Gasteiger partial charge in [-0.05, 0) is 33.6 Å². The number of fused-ring (bicyclic) bond motifs is 4. The molecule has 3 aromatic rings. The lowest BCUT2D eigenvalue weighted by molar-refractivity contribution is 0.355. The lowest BCUT2D eigenvalue weighted by Crippen LogP contribution is -2.24. The van der Waals surface area contributed by atoms with Gasteiger partial charge in [0, 0.05) is 21.9 Å². The van der Waals surface area contributed by atoms with E-state index in [1.165, 1.54) is 21.2 Å². The first kappa shape index (κ1) is 13.1. The topological polar surface area (TPSA) is 0 Å². The van der Waals surface area contributed by atoms with Crippen LogP contribution in [0.4, 0.5) is 0 Å². The maximum Gasteiger partial charge on any atom is 0.0348 e. The fraction of sp³-hybridized carbons (Fsp3) is 0.300. The molecule has 0 saturated carbocycles. The Morgan fingerprint density at radius 2 is 1.67 bits per heavy atom. The van der Waals surface area contributed by atoms with Gasteiger partial charge in [-0.3, -0.25) is 0 Å². The fourth-order valence-electron chi connectivity index (χ4n) is 3.77. The summed E-state index contributed by atoms with van der Waals surface area (Å²) in [6.07, 6.45) is 1.09. The minimum absolute atomic E-state index is 0.231. The lowest BCUT2D eigenvalue weighted by atomic mass is 9.68. The van der Waals surface area contributed by atoms with Crippen molar-refractivity contribution < 1.29 is 0 Å². The second kappa shape index (κ2) is 4.45. The van der Waals surface area contributed by atoms with Gasteiger partial charge >= 0.3 is 0 Å². The van der Waals surface area contributed by atoms with Crippen LogP contribution in [-0.4, -0.2) is 0 Å². The molecule has 2 aromatic carbocycles. The number of thiophene rings is 1. The van der Waals surface area contributed by atoms with Gasteiger partial charge in [0.15, 0.2) is 0 Å². The summed E-state index contributed by atoms with van der Waals surface area (Å²) < 4.78 is 1.43. The summed E-state index contributed by atoms with van der Waals surface area (Å²) in [5, 5.41) is 1.46. The van der Waals surface area contributed by atoms with Crippen molar-refractivity contribution in [3.63, 3.8) is 0 Å². The standard InChI is InChI=1S/C20H20S/c1-20(2,3)19-14-9-5-4-8-13(14)12-17-18(19)15-10-6-7-11-16(15)21-17/h4-11,19H,12H2,1-3H3. The first-order valence-electron chi connectivity index (χ1n) is 7.64. The van der Waals surface area contributed by atoms with E-state index >= 15 is 0 Å². The highest BCUT2D eigenvalue weighted by atomic mass is 32.1. The zero-order valence-electron chi connectivity index (χ0n) is 12.8. The van der Waals surface area contributed by atoms with Crippen LogP contribution in [0, 0.1) is 5.41 Å². The first-order chi connectivity index (χ1) is 10.1. The summed E-state index contributed by atoms with van der Waals surface area (Å²) in [4.78, 5) is 1.56. The van der Waals surface area contributed by atoms with E-state index in [1.54, 1.807) is 10.4 Å². The average molecular weight is 292 g/mol. The quantitative estimate of drug-likeness (QED) is 0.478. The second-order valence-corrected chi connectivity index (χ2v) is 8.25. The number of hydrogen-bond acceptors (Lipinski definition) is 1. The van der Waals surface area contributed by atoms with Crippen LogP contribution in [0.2, 0.25) is 0 Å². The number of benzene rings is 2. The third-order valence-electron chi connectivity index (χ3n) is 4.58. The molecule has 0 saturated heterocycles. The van der Waals surface area contributed by atoms with Crippen LogP contribution in [0.3, 0.4) is 0 Å². The van der Waals surface area contributed by atoms with Gasteiger partial charge in [0.2, 0.25) is 0 Å². The molecule has 1 aromatic heterocycles. The van der Waals surface area contributed by atoms with Gasteiger partial charge in [-0.2, -0.15) is 0 Å². The molecule has 0 spiro atoms. The van der Waals surface area contributed by atoms with E-state index in [0.29, 0.717) is 5.92 Å². The molecule has 1 aliphatic rings. The molecule has 106 valence electrons. The monoisotopic (exact) mass is 292 g/mol. The second-order valence-electron chi connectivity index (χ2n) is 7.11. The van der Waals surface area contributed by atoms with Crippen molar-refractivity contribution in [2.75, 3.05) is 0 Å². The minimum Gasteiger partial charge on any atom is -0.140 e. The van der Waals surface area contributed by atoms with Crippen LogP contribution in [-0.2, 0) is 6.42 Å². The molecular formula is C20H20S. The first-order valence-corrected chi connectivity index (χ1v) is 8.45. The van der Waals surface area contributed by atoms with E-state index in [2.05, 4.69) is 69.3 Å². The Balaban J connectivity index is 2.06. The highest BCUT2D eigenvalue weighted by Gasteiger charge is 2.36. The number of hydrogen-bond donors (Lipinski definition) is 0. The molecule has 0 fully saturated rings. The fourth-order valence-corrected chi connectivity index (χ4v) is 5.03. The molecule has 0 nitrogen and oxygen atoms in total. The van der Waals surface area contributed by atoms with Gasteiger partial charge in [0.25, 0.3) is 0 Å². The molecule has 0 amide bonds. The summed E-state index contributed by atoms with van der Waals surface area (Å²) in [5.41, 5.74) is 4.86. The van der Waals surface area contributed by atoms with Crippen molar-refractivity contribution in [2.24, 2.45) is 5.41 Å². The van der Waals surface area contributed by atoms with E-state index in [4.69, 9.17) is 0 Å². The van der Waals surface area contributed by atoms with Crippen molar-refractivity contribution in [3.8, 4) is 0 Å². The zero-order valence-corrected chi connectivity index (χ0v) is 13.6. The maximum absolute atomic E-state index is 2.37. The maximum atomic E-state index is 2.37. The molecule has 1 heteroatoms. The molecule has 21 heavy (non-hydrogen) atoms. The lowest BCUT2D eigenvalue weighted by Gasteiger charge is -2.36. The van der Waals surface area contributed by atoms with E-state index in [9.17, 15) is 0 Å². The van der Waals surface area contributed by atoms with Crippen molar-refractivity contribution in [1.29, 1.82) is 0 Å². The Morgan fingerprint density at radius 1 is 0.952 bits per heavy atom. The van der Waals surface area contributed by atoms with Crippen molar-refractivity contribution in [1.82, 2.24) is 0 Å². The number of rotatable bonds is 0. The zero-order chi connectivity index (χ0) is 14.6. The van der Waals surface area contributed by atoms with Gasteiger partial charge in [0.05, 0.1) is 0 Å². The third kappa shape index (κ3) is 1.95. The van der Waals surface area contributed by atoms with Gasteiger partial charge < -0.3 is 0 Å². The van der Waals surface area contributed by atoms with Gasteiger partial charge in [-0.15, -0.1) is 11.3 Å². The van der Waals surface area contributed by atoms with E-state index < -0.39 is 0 Å². The van der Waals surface area contributed by atoms with Gasteiger partial charge in [-0.1, -0.05) is 63.2 Å². The molecule has 1 heterocycles. The molecule has 0 aliphatic heterocycles. The SMILES string of the molecule is CC(C)(C)C1c2ccccc2Cc2sc3ccccc3c21. The molecular weight excluding hydrogens is 272 g/mol. The molecule has 0 radical (unpaired) electrons. The summed E-state index contributed by atoms with van der Waals surface area (Å²) in [7, 11) is 0. The van der Waals surface area contributed by atoms with E-state index in [1.807, 2.05) is 11.3 Å².